The van der Waals surface area contributed by atoms with Crippen LogP contribution in [0.1, 0.15) is 18.9 Å². The Labute approximate surface area is 115 Å². The van der Waals surface area contributed by atoms with Crippen molar-refractivity contribution in [2.75, 3.05) is 6.67 Å². The van der Waals surface area contributed by atoms with E-state index in [1.165, 1.54) is 19.1 Å². The van der Waals surface area contributed by atoms with Crippen LogP contribution in [-0.4, -0.2) is 11.8 Å². The van der Waals surface area contributed by atoms with Crippen LogP contribution >= 0.6 is 0 Å². The van der Waals surface area contributed by atoms with Gasteiger partial charge in [0.1, 0.15) is 11.6 Å². The highest BCUT2D eigenvalue weighted by atomic mass is 19.1. The molecule has 1 unspecified atom stereocenters. The van der Waals surface area contributed by atoms with Crippen molar-refractivity contribution in [2.45, 2.75) is 18.9 Å². The summed E-state index contributed by atoms with van der Waals surface area (Å²) in [5.74, 6) is -1.28. The molecule has 1 nitrogen and oxygen atoms in total. The summed E-state index contributed by atoms with van der Waals surface area (Å²) in [5.41, 5.74) is 0.154. The zero-order valence-electron chi connectivity index (χ0n) is 11.0. The summed E-state index contributed by atoms with van der Waals surface area (Å²) < 4.78 is 38.9. The van der Waals surface area contributed by atoms with Crippen LogP contribution in [0.15, 0.2) is 42.5 Å². The van der Waals surface area contributed by atoms with E-state index in [9.17, 15) is 18.3 Å². The SMILES string of the molecule is CC(O)(CCF)c1ccc(-c2ccc(F)cc2F)cc1. The van der Waals surface area contributed by atoms with Gasteiger partial charge in [-0.1, -0.05) is 24.3 Å². The fourth-order valence-electron chi connectivity index (χ4n) is 2.06. The lowest BCUT2D eigenvalue weighted by Crippen LogP contribution is -2.21. The molecular weight excluding hydrogens is 265 g/mol. The average Bonchev–Trinajstić information content (AvgIpc) is 2.39. The van der Waals surface area contributed by atoms with Crippen LogP contribution in [0.25, 0.3) is 11.1 Å². The first kappa shape index (κ1) is 14.6. The van der Waals surface area contributed by atoms with Crippen molar-refractivity contribution in [3.8, 4) is 11.1 Å². The Balaban J connectivity index is 2.33. The smallest absolute Gasteiger partial charge is 0.133 e. The molecule has 0 heterocycles. The van der Waals surface area contributed by atoms with Gasteiger partial charge in [0.2, 0.25) is 0 Å². The number of halogens is 3. The molecule has 0 aromatic heterocycles. The molecule has 0 spiro atoms. The second-order valence-electron chi connectivity index (χ2n) is 4.91. The second kappa shape index (κ2) is 5.67. The maximum Gasteiger partial charge on any atom is 0.133 e. The van der Waals surface area contributed by atoms with Crippen LogP contribution in [0.5, 0.6) is 0 Å². The maximum absolute atomic E-state index is 13.7. The molecular formula is C16H15F3O. The van der Waals surface area contributed by atoms with Gasteiger partial charge in [-0.15, -0.1) is 0 Å². The Bertz CT molecular complexity index is 591. The third-order valence-electron chi connectivity index (χ3n) is 3.33. The topological polar surface area (TPSA) is 20.2 Å². The number of hydrogen-bond donors (Lipinski definition) is 1. The summed E-state index contributed by atoms with van der Waals surface area (Å²) in [7, 11) is 0. The molecule has 1 atom stereocenters. The number of alkyl halides is 1. The van der Waals surface area contributed by atoms with Crippen LogP contribution in [0, 0.1) is 11.6 Å². The zero-order valence-corrected chi connectivity index (χ0v) is 11.0. The van der Waals surface area contributed by atoms with Gasteiger partial charge >= 0.3 is 0 Å². The van der Waals surface area contributed by atoms with E-state index in [0.29, 0.717) is 11.1 Å². The number of rotatable bonds is 4. The molecule has 4 heteroatoms. The highest BCUT2D eigenvalue weighted by Gasteiger charge is 2.22. The van der Waals surface area contributed by atoms with Crippen LogP contribution in [0.2, 0.25) is 0 Å². The van der Waals surface area contributed by atoms with Crippen molar-refractivity contribution in [1.82, 2.24) is 0 Å². The van der Waals surface area contributed by atoms with E-state index in [0.717, 1.165) is 6.07 Å². The summed E-state index contributed by atoms with van der Waals surface area (Å²) in [5, 5.41) is 10.1. The van der Waals surface area contributed by atoms with E-state index in [2.05, 4.69) is 0 Å². The summed E-state index contributed by atoms with van der Waals surface area (Å²) in [4.78, 5) is 0. The minimum Gasteiger partial charge on any atom is -0.385 e. The molecule has 106 valence electrons. The third-order valence-corrected chi connectivity index (χ3v) is 3.33. The van der Waals surface area contributed by atoms with Gasteiger partial charge in [0, 0.05) is 18.1 Å². The monoisotopic (exact) mass is 280 g/mol. The fraction of sp³-hybridized carbons (Fsp3) is 0.250. The van der Waals surface area contributed by atoms with E-state index >= 15 is 0 Å². The molecule has 2 aromatic carbocycles. The minimum absolute atomic E-state index is 0.00272. The van der Waals surface area contributed by atoms with Crippen molar-refractivity contribution in [2.24, 2.45) is 0 Å². The zero-order chi connectivity index (χ0) is 14.8. The molecule has 0 fully saturated rings. The normalized spacial score (nSPS) is 14.1. The molecule has 2 aromatic rings. The van der Waals surface area contributed by atoms with E-state index in [-0.39, 0.29) is 12.0 Å². The van der Waals surface area contributed by atoms with Gasteiger partial charge in [-0.25, -0.2) is 8.78 Å². The van der Waals surface area contributed by atoms with Crippen LogP contribution in [-0.2, 0) is 5.60 Å². The number of hydrogen-bond acceptors (Lipinski definition) is 1. The molecule has 0 bridgehead atoms. The molecule has 0 aliphatic heterocycles. The predicted molar refractivity (Wildman–Crippen MR) is 72.0 cm³/mol. The largest absolute Gasteiger partial charge is 0.385 e. The first-order valence-electron chi connectivity index (χ1n) is 6.28. The van der Waals surface area contributed by atoms with Gasteiger partial charge < -0.3 is 5.11 Å². The molecule has 0 aliphatic carbocycles. The molecule has 0 radical (unpaired) electrons. The van der Waals surface area contributed by atoms with Crippen molar-refractivity contribution >= 4 is 0 Å². The Hall–Kier alpha value is -1.81. The van der Waals surface area contributed by atoms with Crippen LogP contribution in [0.4, 0.5) is 13.2 Å². The molecule has 0 amide bonds. The highest BCUT2D eigenvalue weighted by Crippen LogP contribution is 2.28. The van der Waals surface area contributed by atoms with Crippen molar-refractivity contribution < 1.29 is 18.3 Å². The summed E-state index contributed by atoms with van der Waals surface area (Å²) >= 11 is 0. The van der Waals surface area contributed by atoms with Crippen LogP contribution < -0.4 is 0 Å². The Morgan fingerprint density at radius 3 is 2.25 bits per heavy atom. The molecule has 2 rings (SSSR count). The van der Waals surface area contributed by atoms with Crippen molar-refractivity contribution in [3.05, 3.63) is 59.7 Å². The van der Waals surface area contributed by atoms with Gasteiger partial charge in [0.25, 0.3) is 0 Å². The minimum atomic E-state index is -1.26. The van der Waals surface area contributed by atoms with E-state index in [1.54, 1.807) is 24.3 Å². The predicted octanol–water partition coefficient (Wildman–Crippen LogP) is 4.20. The van der Waals surface area contributed by atoms with E-state index < -0.39 is 23.9 Å². The van der Waals surface area contributed by atoms with Gasteiger partial charge in [-0.3, -0.25) is 4.39 Å². The lowest BCUT2D eigenvalue weighted by molar-refractivity contribution is 0.0408. The maximum atomic E-state index is 13.7. The second-order valence-corrected chi connectivity index (χ2v) is 4.91. The molecule has 20 heavy (non-hydrogen) atoms. The molecule has 0 saturated heterocycles. The first-order valence-corrected chi connectivity index (χ1v) is 6.28. The lowest BCUT2D eigenvalue weighted by Gasteiger charge is -2.22. The highest BCUT2D eigenvalue weighted by molar-refractivity contribution is 5.64. The quantitative estimate of drug-likeness (QED) is 0.890. The van der Waals surface area contributed by atoms with Gasteiger partial charge in [-0.05, 0) is 30.2 Å². The summed E-state index contributed by atoms with van der Waals surface area (Å²) in [6.07, 6.45) is -0.00272. The third kappa shape index (κ3) is 3.02. The lowest BCUT2D eigenvalue weighted by atomic mass is 9.91. The Kier molecular flexibility index (Phi) is 4.14. The number of benzene rings is 2. The van der Waals surface area contributed by atoms with Crippen molar-refractivity contribution in [1.29, 1.82) is 0 Å². The Morgan fingerprint density at radius 1 is 1.05 bits per heavy atom. The van der Waals surface area contributed by atoms with Gasteiger partial charge in [0.15, 0.2) is 0 Å². The van der Waals surface area contributed by atoms with Gasteiger partial charge in [-0.2, -0.15) is 0 Å². The summed E-state index contributed by atoms with van der Waals surface area (Å²) in [6.45, 7) is 0.904. The standard InChI is InChI=1S/C16H15F3O/c1-16(20,8-9-17)12-4-2-11(3-5-12)14-7-6-13(18)10-15(14)19/h2-7,10,20H,8-9H2,1H3. The molecule has 0 saturated carbocycles. The Morgan fingerprint density at radius 2 is 1.70 bits per heavy atom. The van der Waals surface area contributed by atoms with E-state index in [4.69, 9.17) is 0 Å². The summed E-state index contributed by atoms with van der Waals surface area (Å²) in [6, 6.07) is 9.85. The van der Waals surface area contributed by atoms with Crippen molar-refractivity contribution in [3.63, 3.8) is 0 Å². The molecule has 0 aliphatic rings. The van der Waals surface area contributed by atoms with Gasteiger partial charge in [0.05, 0.1) is 12.3 Å². The van der Waals surface area contributed by atoms with E-state index in [1.807, 2.05) is 0 Å². The first-order chi connectivity index (χ1) is 9.44. The molecule has 1 N–H and O–H groups in total. The number of aliphatic hydroxyl groups is 1. The fourth-order valence-corrected chi connectivity index (χ4v) is 2.06. The average molecular weight is 280 g/mol. The van der Waals surface area contributed by atoms with Crippen LogP contribution in [0.3, 0.4) is 0 Å².